The fourth-order valence-corrected chi connectivity index (χ4v) is 3.28. The lowest BCUT2D eigenvalue weighted by Gasteiger charge is -2.16. The molecule has 1 unspecified atom stereocenters. The highest BCUT2D eigenvalue weighted by molar-refractivity contribution is 9.10. The molecule has 0 aliphatic rings. The monoisotopic (exact) mass is 299 g/mol. The van der Waals surface area contributed by atoms with Gasteiger partial charge >= 0.3 is 0 Å². The van der Waals surface area contributed by atoms with E-state index in [0.717, 1.165) is 6.42 Å². The molecule has 16 heavy (non-hydrogen) atoms. The van der Waals surface area contributed by atoms with E-state index in [1.165, 1.54) is 15.0 Å². The van der Waals surface area contributed by atoms with E-state index in [2.05, 4.69) is 42.2 Å². The quantitative estimate of drug-likeness (QED) is 0.941. The maximum Gasteiger partial charge on any atom is 0.0946 e. The van der Waals surface area contributed by atoms with E-state index >= 15 is 0 Å². The lowest BCUT2D eigenvalue weighted by Crippen LogP contribution is -2.20. The smallest absolute Gasteiger partial charge is 0.0946 e. The van der Waals surface area contributed by atoms with Crippen LogP contribution in [0.3, 0.4) is 0 Å². The highest BCUT2D eigenvalue weighted by Gasteiger charge is 2.15. The first-order valence-electron chi connectivity index (χ1n) is 5.07. The van der Waals surface area contributed by atoms with Crippen molar-refractivity contribution in [2.75, 3.05) is 7.05 Å². The van der Waals surface area contributed by atoms with Crippen molar-refractivity contribution in [3.05, 3.63) is 39.0 Å². The van der Waals surface area contributed by atoms with Crippen LogP contribution >= 0.6 is 27.3 Å². The third-order valence-electron chi connectivity index (χ3n) is 2.64. The summed E-state index contributed by atoms with van der Waals surface area (Å²) in [6.45, 7) is 0. The van der Waals surface area contributed by atoms with Crippen molar-refractivity contribution in [3.63, 3.8) is 0 Å². The number of rotatable bonds is 4. The SMILES string of the molecule is CNC(Cc1sccc1Br)c1cncn1C. The van der Waals surface area contributed by atoms with Crippen LogP contribution in [0.15, 0.2) is 28.4 Å². The summed E-state index contributed by atoms with van der Waals surface area (Å²) >= 11 is 5.35. The van der Waals surface area contributed by atoms with E-state index in [9.17, 15) is 0 Å². The van der Waals surface area contributed by atoms with E-state index in [1.54, 1.807) is 11.3 Å². The van der Waals surface area contributed by atoms with Gasteiger partial charge in [-0.2, -0.15) is 0 Å². The van der Waals surface area contributed by atoms with Crippen LogP contribution in [0.1, 0.15) is 16.6 Å². The minimum absolute atomic E-state index is 0.308. The Hall–Kier alpha value is -0.650. The van der Waals surface area contributed by atoms with Gasteiger partial charge in [-0.3, -0.25) is 0 Å². The molecular formula is C11H14BrN3S. The summed E-state index contributed by atoms with van der Waals surface area (Å²) in [5.41, 5.74) is 1.21. The lowest BCUT2D eigenvalue weighted by molar-refractivity contribution is 0.558. The molecule has 2 rings (SSSR count). The summed E-state index contributed by atoms with van der Waals surface area (Å²) in [5.74, 6) is 0. The second kappa shape index (κ2) is 5.12. The van der Waals surface area contributed by atoms with Gasteiger partial charge in [0, 0.05) is 29.0 Å². The van der Waals surface area contributed by atoms with Crippen LogP contribution in [0.4, 0.5) is 0 Å². The van der Waals surface area contributed by atoms with Crippen molar-refractivity contribution in [1.82, 2.24) is 14.9 Å². The molecule has 0 aliphatic heterocycles. The second-order valence-corrected chi connectivity index (χ2v) is 5.52. The molecule has 5 heteroatoms. The number of nitrogens with zero attached hydrogens (tertiary/aromatic N) is 2. The number of halogens is 1. The highest BCUT2D eigenvalue weighted by atomic mass is 79.9. The van der Waals surface area contributed by atoms with E-state index in [4.69, 9.17) is 0 Å². The summed E-state index contributed by atoms with van der Waals surface area (Å²) in [6.07, 6.45) is 4.74. The molecule has 3 nitrogen and oxygen atoms in total. The third kappa shape index (κ3) is 2.36. The Morgan fingerprint density at radius 2 is 2.44 bits per heavy atom. The Morgan fingerprint density at radius 1 is 1.62 bits per heavy atom. The second-order valence-electron chi connectivity index (χ2n) is 3.67. The first-order chi connectivity index (χ1) is 7.72. The molecule has 0 radical (unpaired) electrons. The molecule has 2 aromatic rings. The Bertz CT molecular complexity index is 463. The van der Waals surface area contributed by atoms with Crippen molar-refractivity contribution >= 4 is 27.3 Å². The normalized spacial score (nSPS) is 12.9. The van der Waals surface area contributed by atoms with Crippen LogP contribution in [0.25, 0.3) is 0 Å². The van der Waals surface area contributed by atoms with Crippen molar-refractivity contribution in [1.29, 1.82) is 0 Å². The molecule has 86 valence electrons. The maximum atomic E-state index is 4.16. The zero-order valence-electron chi connectivity index (χ0n) is 9.27. The molecule has 0 amide bonds. The number of likely N-dealkylation sites (N-methyl/N-ethyl adjacent to an activating group) is 1. The number of aryl methyl sites for hydroxylation is 1. The summed E-state index contributed by atoms with van der Waals surface area (Å²) in [5, 5.41) is 5.44. The van der Waals surface area contributed by atoms with Crippen LogP contribution in [0.5, 0.6) is 0 Å². The van der Waals surface area contributed by atoms with Gasteiger partial charge < -0.3 is 9.88 Å². The fraction of sp³-hybridized carbons (Fsp3) is 0.364. The minimum atomic E-state index is 0.308. The van der Waals surface area contributed by atoms with E-state index in [0.29, 0.717) is 6.04 Å². The van der Waals surface area contributed by atoms with Gasteiger partial charge in [0.05, 0.1) is 18.1 Å². The molecule has 2 heterocycles. The van der Waals surface area contributed by atoms with Gasteiger partial charge in [0.25, 0.3) is 0 Å². The van der Waals surface area contributed by atoms with E-state index in [-0.39, 0.29) is 0 Å². The predicted molar refractivity (Wildman–Crippen MR) is 70.7 cm³/mol. The molecule has 0 saturated carbocycles. The van der Waals surface area contributed by atoms with Gasteiger partial charge in [-0.25, -0.2) is 4.98 Å². The Kier molecular flexibility index (Phi) is 3.78. The lowest BCUT2D eigenvalue weighted by atomic mass is 10.1. The van der Waals surface area contributed by atoms with Crippen LogP contribution in [0.2, 0.25) is 0 Å². The maximum absolute atomic E-state index is 4.16. The zero-order chi connectivity index (χ0) is 11.5. The number of imidazole rings is 1. The highest BCUT2D eigenvalue weighted by Crippen LogP contribution is 2.27. The fourth-order valence-electron chi connectivity index (χ4n) is 1.71. The first-order valence-corrected chi connectivity index (χ1v) is 6.75. The molecule has 0 fully saturated rings. The van der Waals surface area contributed by atoms with E-state index in [1.807, 2.05) is 26.6 Å². The van der Waals surface area contributed by atoms with Crippen LogP contribution in [0, 0.1) is 0 Å². The average molecular weight is 300 g/mol. The van der Waals surface area contributed by atoms with Crippen molar-refractivity contribution in [2.24, 2.45) is 7.05 Å². The van der Waals surface area contributed by atoms with Crippen molar-refractivity contribution in [2.45, 2.75) is 12.5 Å². The number of aromatic nitrogens is 2. The largest absolute Gasteiger partial charge is 0.336 e. The standard InChI is InChI=1S/C11H14BrN3S/c1-13-9(10-6-14-7-15(10)2)5-11-8(12)3-4-16-11/h3-4,6-7,9,13H,5H2,1-2H3. The Labute approximate surface area is 108 Å². The predicted octanol–water partition coefficient (Wildman–Crippen LogP) is 2.75. The van der Waals surface area contributed by atoms with Gasteiger partial charge in [0.1, 0.15) is 0 Å². The summed E-state index contributed by atoms with van der Waals surface area (Å²) in [4.78, 5) is 5.52. The van der Waals surface area contributed by atoms with Crippen molar-refractivity contribution < 1.29 is 0 Å². The van der Waals surface area contributed by atoms with Gasteiger partial charge in [-0.05, 0) is 34.4 Å². The van der Waals surface area contributed by atoms with Gasteiger partial charge in [-0.1, -0.05) is 0 Å². The summed E-state index contributed by atoms with van der Waals surface area (Å²) in [7, 11) is 4.01. The van der Waals surface area contributed by atoms with Crippen molar-refractivity contribution in [3.8, 4) is 0 Å². The van der Waals surface area contributed by atoms with E-state index < -0.39 is 0 Å². The minimum Gasteiger partial charge on any atom is -0.336 e. The topological polar surface area (TPSA) is 29.9 Å². The van der Waals surface area contributed by atoms with Crippen LogP contribution < -0.4 is 5.32 Å². The molecule has 1 N–H and O–H groups in total. The molecule has 0 saturated heterocycles. The van der Waals surface area contributed by atoms with Gasteiger partial charge in [0.15, 0.2) is 0 Å². The Morgan fingerprint density at radius 3 is 2.94 bits per heavy atom. The molecular weight excluding hydrogens is 286 g/mol. The molecule has 0 spiro atoms. The molecule has 2 aromatic heterocycles. The van der Waals surface area contributed by atoms with Crippen LogP contribution in [-0.4, -0.2) is 16.6 Å². The van der Waals surface area contributed by atoms with Crippen LogP contribution in [-0.2, 0) is 13.5 Å². The Balaban J connectivity index is 2.19. The summed E-state index contributed by atoms with van der Waals surface area (Å²) < 4.78 is 3.25. The number of nitrogens with one attached hydrogen (secondary N) is 1. The molecule has 0 aromatic carbocycles. The zero-order valence-corrected chi connectivity index (χ0v) is 11.7. The third-order valence-corrected chi connectivity index (χ3v) is 4.59. The number of hydrogen-bond donors (Lipinski definition) is 1. The molecule has 0 aliphatic carbocycles. The number of thiophene rings is 1. The van der Waals surface area contributed by atoms with Gasteiger partial charge in [-0.15, -0.1) is 11.3 Å². The van der Waals surface area contributed by atoms with Gasteiger partial charge in [0.2, 0.25) is 0 Å². The first kappa shape index (κ1) is 11.8. The molecule has 0 bridgehead atoms. The summed E-state index contributed by atoms with van der Waals surface area (Å²) in [6, 6.07) is 2.40. The molecule has 1 atom stereocenters. The average Bonchev–Trinajstić information content (AvgIpc) is 2.85. The number of hydrogen-bond acceptors (Lipinski definition) is 3.